The van der Waals surface area contributed by atoms with E-state index in [2.05, 4.69) is 4.98 Å². The fraction of sp³-hybridized carbons (Fsp3) is 0.286. The number of hydrogen-bond acceptors (Lipinski definition) is 3. The van der Waals surface area contributed by atoms with Crippen molar-refractivity contribution in [3.63, 3.8) is 0 Å². The number of benzene rings is 1. The molecule has 0 bridgehead atoms. The van der Waals surface area contributed by atoms with Gasteiger partial charge in [-0.2, -0.15) is 0 Å². The summed E-state index contributed by atoms with van der Waals surface area (Å²) in [6.07, 6.45) is 3.16. The third-order valence-corrected chi connectivity index (χ3v) is 3.09. The zero-order valence-corrected chi connectivity index (χ0v) is 12.6. The molecule has 0 fully saturated rings. The average molecular weight is 313 g/mol. The predicted octanol–water partition coefficient (Wildman–Crippen LogP) is 4.00. The fourth-order valence-corrected chi connectivity index (χ4v) is 2.01. The molecule has 2 aromatic rings. The van der Waals surface area contributed by atoms with E-state index in [0.29, 0.717) is 28.3 Å². The molecule has 0 amide bonds. The second-order valence-corrected chi connectivity index (χ2v) is 5.60. The van der Waals surface area contributed by atoms with Crippen molar-refractivity contribution in [2.24, 2.45) is 5.92 Å². The van der Waals surface area contributed by atoms with Crippen LogP contribution in [0.1, 0.15) is 13.8 Å². The highest BCUT2D eigenvalue weighted by molar-refractivity contribution is 6.34. The highest BCUT2D eigenvalue weighted by Crippen LogP contribution is 2.29. The molecule has 1 heterocycles. The molecule has 0 atom stereocenters. The summed E-state index contributed by atoms with van der Waals surface area (Å²) in [5.74, 6) is 0.640. The van der Waals surface area contributed by atoms with Crippen LogP contribution in [0.3, 0.4) is 0 Å². The first-order chi connectivity index (χ1) is 9.47. The molecule has 106 valence electrons. The molecular weight excluding hydrogens is 299 g/mol. The van der Waals surface area contributed by atoms with E-state index >= 15 is 0 Å². The zero-order valence-electron chi connectivity index (χ0n) is 11.1. The molecule has 0 aliphatic carbocycles. The lowest BCUT2D eigenvalue weighted by atomic mass is 10.2. The summed E-state index contributed by atoms with van der Waals surface area (Å²) < 4.78 is 7.04. The zero-order chi connectivity index (χ0) is 14.7. The van der Waals surface area contributed by atoms with Gasteiger partial charge in [0.15, 0.2) is 0 Å². The Kier molecular flexibility index (Phi) is 4.68. The Morgan fingerprint density at radius 1 is 1.35 bits per heavy atom. The molecule has 0 radical (unpaired) electrons. The second kappa shape index (κ2) is 6.29. The van der Waals surface area contributed by atoms with Crippen LogP contribution in [0.4, 0.5) is 0 Å². The molecule has 4 nitrogen and oxygen atoms in total. The minimum absolute atomic E-state index is 0.0164. The lowest BCUT2D eigenvalue weighted by molar-refractivity contribution is 0.432. The van der Waals surface area contributed by atoms with Crippen LogP contribution >= 0.6 is 23.2 Å². The Morgan fingerprint density at radius 3 is 2.80 bits per heavy atom. The molecule has 0 saturated heterocycles. The van der Waals surface area contributed by atoms with E-state index in [0.717, 1.165) is 0 Å². The van der Waals surface area contributed by atoms with Crippen LogP contribution in [0, 0.1) is 5.92 Å². The van der Waals surface area contributed by atoms with Crippen LogP contribution in [0.15, 0.2) is 35.4 Å². The minimum Gasteiger partial charge on any atom is -0.433 e. The first kappa shape index (κ1) is 14.9. The van der Waals surface area contributed by atoms with Gasteiger partial charge in [-0.1, -0.05) is 37.0 Å². The van der Waals surface area contributed by atoms with Gasteiger partial charge in [0, 0.05) is 30.0 Å². The van der Waals surface area contributed by atoms with Crippen molar-refractivity contribution in [1.82, 2.24) is 9.55 Å². The van der Waals surface area contributed by atoms with Crippen molar-refractivity contribution < 1.29 is 4.74 Å². The molecule has 6 heteroatoms. The van der Waals surface area contributed by atoms with E-state index in [1.165, 1.54) is 6.20 Å². The molecule has 0 aliphatic rings. The fourth-order valence-electron chi connectivity index (χ4n) is 1.69. The van der Waals surface area contributed by atoms with Gasteiger partial charge in [-0.15, -0.1) is 0 Å². The second-order valence-electron chi connectivity index (χ2n) is 4.76. The van der Waals surface area contributed by atoms with E-state index in [1.807, 2.05) is 13.8 Å². The first-order valence-corrected chi connectivity index (χ1v) is 6.91. The van der Waals surface area contributed by atoms with Gasteiger partial charge < -0.3 is 9.30 Å². The van der Waals surface area contributed by atoms with Crippen LogP contribution in [-0.4, -0.2) is 9.55 Å². The average Bonchev–Trinajstić information content (AvgIpc) is 2.38. The molecule has 0 aliphatic heterocycles. The summed E-state index contributed by atoms with van der Waals surface area (Å²) in [5.41, 5.74) is -0.294. The van der Waals surface area contributed by atoms with Crippen LogP contribution in [0.2, 0.25) is 10.0 Å². The van der Waals surface area contributed by atoms with Crippen molar-refractivity contribution in [3.8, 4) is 11.6 Å². The summed E-state index contributed by atoms with van der Waals surface area (Å²) in [7, 11) is 0. The summed E-state index contributed by atoms with van der Waals surface area (Å²) in [6, 6.07) is 4.80. The maximum Gasteiger partial charge on any atom is 0.313 e. The van der Waals surface area contributed by atoms with Crippen LogP contribution < -0.4 is 10.3 Å². The maximum atomic E-state index is 12.2. The number of ether oxygens (including phenoxy) is 1. The number of rotatable bonds is 4. The van der Waals surface area contributed by atoms with Gasteiger partial charge in [-0.3, -0.25) is 4.79 Å². The SMILES string of the molecule is CC(C)Cn1ccnc(Oc2cc(Cl)ccc2Cl)c1=O. The monoisotopic (exact) mass is 312 g/mol. The first-order valence-electron chi connectivity index (χ1n) is 6.15. The van der Waals surface area contributed by atoms with Crippen LogP contribution in [-0.2, 0) is 6.54 Å². The molecule has 20 heavy (non-hydrogen) atoms. The topological polar surface area (TPSA) is 44.1 Å². The van der Waals surface area contributed by atoms with Gasteiger partial charge >= 0.3 is 5.56 Å². The molecule has 1 aromatic heterocycles. The maximum absolute atomic E-state index is 12.2. The summed E-state index contributed by atoms with van der Waals surface area (Å²) in [5, 5.41) is 0.845. The third-order valence-electron chi connectivity index (χ3n) is 2.54. The Hall–Kier alpha value is -1.52. The van der Waals surface area contributed by atoms with Gasteiger partial charge in [0.25, 0.3) is 5.88 Å². The lowest BCUT2D eigenvalue weighted by Gasteiger charge is -2.11. The summed E-state index contributed by atoms with van der Waals surface area (Å²) in [6.45, 7) is 4.66. The quantitative estimate of drug-likeness (QED) is 0.857. The normalized spacial score (nSPS) is 10.8. The Balaban J connectivity index is 2.34. The van der Waals surface area contributed by atoms with Gasteiger partial charge in [-0.25, -0.2) is 4.98 Å². The number of aromatic nitrogens is 2. The lowest BCUT2D eigenvalue weighted by Crippen LogP contribution is -2.23. The largest absolute Gasteiger partial charge is 0.433 e. The van der Waals surface area contributed by atoms with Crippen LogP contribution in [0.25, 0.3) is 0 Å². The van der Waals surface area contributed by atoms with E-state index in [4.69, 9.17) is 27.9 Å². The van der Waals surface area contributed by atoms with Crippen molar-refractivity contribution in [1.29, 1.82) is 0 Å². The molecule has 0 unspecified atom stereocenters. The van der Waals surface area contributed by atoms with Crippen molar-refractivity contribution in [2.45, 2.75) is 20.4 Å². The molecule has 2 rings (SSSR count). The van der Waals surface area contributed by atoms with Gasteiger partial charge in [-0.05, 0) is 18.1 Å². The molecular formula is C14H14Cl2N2O2. The number of hydrogen-bond donors (Lipinski definition) is 0. The standard InChI is InChI=1S/C14H14Cl2N2O2/c1-9(2)8-18-6-5-17-13(14(18)19)20-12-7-10(15)3-4-11(12)16/h3-7,9H,8H2,1-2H3. The summed E-state index contributed by atoms with van der Waals surface area (Å²) in [4.78, 5) is 16.2. The van der Waals surface area contributed by atoms with Crippen molar-refractivity contribution >= 4 is 23.2 Å². The Labute approximate surface area is 126 Å². The van der Waals surface area contributed by atoms with E-state index in [9.17, 15) is 4.79 Å². The van der Waals surface area contributed by atoms with E-state index < -0.39 is 0 Å². The molecule has 0 spiro atoms. The molecule has 1 aromatic carbocycles. The minimum atomic E-state index is -0.294. The van der Waals surface area contributed by atoms with E-state index in [-0.39, 0.29) is 11.4 Å². The number of halogens is 2. The van der Waals surface area contributed by atoms with Crippen molar-refractivity contribution in [3.05, 3.63) is 51.0 Å². The predicted molar refractivity (Wildman–Crippen MR) is 79.9 cm³/mol. The molecule has 0 N–H and O–H groups in total. The van der Waals surface area contributed by atoms with Gasteiger partial charge in [0.1, 0.15) is 5.75 Å². The summed E-state index contributed by atoms with van der Waals surface area (Å²) >= 11 is 11.9. The van der Waals surface area contributed by atoms with Gasteiger partial charge in [0.05, 0.1) is 5.02 Å². The van der Waals surface area contributed by atoms with E-state index in [1.54, 1.807) is 29.0 Å². The Morgan fingerprint density at radius 2 is 2.10 bits per heavy atom. The third kappa shape index (κ3) is 3.52. The molecule has 0 saturated carbocycles. The van der Waals surface area contributed by atoms with Crippen molar-refractivity contribution in [2.75, 3.05) is 0 Å². The highest BCUT2D eigenvalue weighted by Gasteiger charge is 2.11. The highest BCUT2D eigenvalue weighted by atomic mass is 35.5. The smallest absolute Gasteiger partial charge is 0.313 e. The number of nitrogens with zero attached hydrogens (tertiary/aromatic N) is 2. The Bertz CT molecular complexity index is 668. The van der Waals surface area contributed by atoms with Gasteiger partial charge in [0.2, 0.25) is 0 Å². The van der Waals surface area contributed by atoms with Crippen LogP contribution in [0.5, 0.6) is 11.6 Å².